The van der Waals surface area contributed by atoms with Crippen molar-refractivity contribution < 1.29 is 9.21 Å². The Morgan fingerprint density at radius 1 is 1.00 bits per heavy atom. The number of benzene rings is 2. The predicted octanol–water partition coefficient (Wildman–Crippen LogP) is 4.79. The van der Waals surface area contributed by atoms with Crippen LogP contribution in [-0.4, -0.2) is 11.0 Å². The van der Waals surface area contributed by atoms with Gasteiger partial charge in [0.25, 0.3) is 5.91 Å². The third-order valence-corrected chi connectivity index (χ3v) is 3.72. The largest absolute Gasteiger partial charge is 0.459 e. The van der Waals surface area contributed by atoms with Gasteiger partial charge in [0.1, 0.15) is 0 Å². The molecule has 3 N–H and O–H groups in total. The molecule has 5 nitrogen and oxygen atoms in total. The summed E-state index contributed by atoms with van der Waals surface area (Å²) >= 11 is 11.3. The minimum Gasteiger partial charge on any atom is -0.459 e. The summed E-state index contributed by atoms with van der Waals surface area (Å²) in [4.78, 5) is 11.9. The van der Waals surface area contributed by atoms with Crippen LogP contribution in [0.4, 0.5) is 17.1 Å². The normalized spacial score (nSPS) is 10.1. The average molecular weight is 371 g/mol. The van der Waals surface area contributed by atoms with Crippen LogP contribution in [0.1, 0.15) is 10.6 Å². The van der Waals surface area contributed by atoms with E-state index in [4.69, 9.17) is 28.2 Å². The van der Waals surface area contributed by atoms with Crippen molar-refractivity contribution >= 4 is 51.9 Å². The van der Waals surface area contributed by atoms with Gasteiger partial charge in [-0.3, -0.25) is 4.79 Å². The molecule has 3 aromatic rings. The zero-order chi connectivity index (χ0) is 17.6. The Morgan fingerprint density at radius 3 is 2.36 bits per heavy atom. The van der Waals surface area contributed by atoms with E-state index in [1.54, 1.807) is 48.5 Å². The van der Waals surface area contributed by atoms with E-state index in [9.17, 15) is 4.79 Å². The zero-order valence-corrected chi connectivity index (χ0v) is 14.4. The number of hydrogen-bond acceptors (Lipinski definition) is 3. The minimum atomic E-state index is -0.308. The molecule has 0 fully saturated rings. The molecule has 0 bridgehead atoms. The standard InChI is InChI=1S/C18H13ClN3O2S/c19-14-4-1-2-5-15(14)22-18(25)21-13-9-7-12(8-10-13)20-17(23)16-6-3-11-24-16/h1-3,5-11H,(H,20,23)(H2,21,22,25). The van der Waals surface area contributed by atoms with Crippen LogP contribution in [-0.2, 0) is 0 Å². The van der Waals surface area contributed by atoms with Crippen molar-refractivity contribution in [2.45, 2.75) is 0 Å². The van der Waals surface area contributed by atoms with Crippen molar-refractivity contribution in [2.24, 2.45) is 0 Å². The number of carbonyl (C=O) groups excluding carboxylic acids is 1. The maximum atomic E-state index is 11.9. The van der Waals surface area contributed by atoms with Crippen molar-refractivity contribution in [1.82, 2.24) is 0 Å². The molecular weight excluding hydrogens is 358 g/mol. The number of amides is 1. The fraction of sp³-hybridized carbons (Fsp3) is 0. The molecule has 1 aromatic heterocycles. The van der Waals surface area contributed by atoms with E-state index in [1.165, 1.54) is 6.26 Å². The fourth-order valence-corrected chi connectivity index (χ4v) is 2.44. The van der Waals surface area contributed by atoms with Gasteiger partial charge in [-0.1, -0.05) is 23.7 Å². The second-order valence-electron chi connectivity index (χ2n) is 4.99. The average Bonchev–Trinajstić information content (AvgIpc) is 3.13. The lowest BCUT2D eigenvalue weighted by atomic mass is 10.2. The molecule has 0 unspecified atom stereocenters. The highest BCUT2D eigenvalue weighted by Crippen LogP contribution is 2.20. The molecule has 125 valence electrons. The SMILES string of the molecule is O=C(Nc1ccc(NC(=S)Nc2ccc[c]c2Cl)cc1)c1ccco1. The van der Waals surface area contributed by atoms with Crippen LogP contribution in [0.2, 0.25) is 5.02 Å². The number of rotatable bonds is 4. The third-order valence-electron chi connectivity index (χ3n) is 3.20. The summed E-state index contributed by atoms with van der Waals surface area (Å²) in [5, 5.41) is 9.64. The first-order chi connectivity index (χ1) is 12.1. The van der Waals surface area contributed by atoms with Gasteiger partial charge in [0.05, 0.1) is 17.0 Å². The van der Waals surface area contributed by atoms with Gasteiger partial charge in [0, 0.05) is 17.4 Å². The van der Waals surface area contributed by atoms with Gasteiger partial charge in [0.15, 0.2) is 10.9 Å². The summed E-state index contributed by atoms with van der Waals surface area (Å²) < 4.78 is 5.05. The number of furan rings is 1. The van der Waals surface area contributed by atoms with Gasteiger partial charge >= 0.3 is 0 Å². The smallest absolute Gasteiger partial charge is 0.291 e. The van der Waals surface area contributed by atoms with Crippen molar-refractivity contribution in [3.05, 3.63) is 77.7 Å². The molecule has 3 rings (SSSR count). The number of thiocarbonyl (C=S) groups is 1. The van der Waals surface area contributed by atoms with Crippen LogP contribution in [0, 0.1) is 6.07 Å². The minimum absolute atomic E-state index is 0.254. The molecule has 0 aliphatic carbocycles. The van der Waals surface area contributed by atoms with E-state index >= 15 is 0 Å². The van der Waals surface area contributed by atoms with Gasteiger partial charge in [-0.15, -0.1) is 0 Å². The van der Waals surface area contributed by atoms with E-state index in [0.29, 0.717) is 21.5 Å². The monoisotopic (exact) mass is 370 g/mol. The molecule has 0 saturated carbocycles. The van der Waals surface area contributed by atoms with Crippen LogP contribution < -0.4 is 16.0 Å². The highest BCUT2D eigenvalue weighted by molar-refractivity contribution is 7.80. The van der Waals surface area contributed by atoms with Gasteiger partial charge < -0.3 is 20.4 Å². The predicted molar refractivity (Wildman–Crippen MR) is 103 cm³/mol. The Labute approximate surface area is 155 Å². The third kappa shape index (κ3) is 4.59. The lowest BCUT2D eigenvalue weighted by Gasteiger charge is -2.12. The van der Waals surface area contributed by atoms with Crippen LogP contribution in [0.25, 0.3) is 0 Å². The van der Waals surface area contributed by atoms with E-state index < -0.39 is 0 Å². The molecule has 1 radical (unpaired) electrons. The number of carbonyl (C=O) groups is 1. The van der Waals surface area contributed by atoms with E-state index in [2.05, 4.69) is 22.0 Å². The van der Waals surface area contributed by atoms with Crippen LogP contribution in [0.5, 0.6) is 0 Å². The topological polar surface area (TPSA) is 66.3 Å². The first-order valence-electron chi connectivity index (χ1n) is 7.31. The number of nitrogens with one attached hydrogen (secondary N) is 3. The molecular formula is C18H13ClN3O2S. The maximum absolute atomic E-state index is 11.9. The van der Waals surface area contributed by atoms with E-state index in [0.717, 1.165) is 5.69 Å². The maximum Gasteiger partial charge on any atom is 0.291 e. The quantitative estimate of drug-likeness (QED) is 0.576. The number of anilines is 3. The lowest BCUT2D eigenvalue weighted by Crippen LogP contribution is -2.19. The molecule has 25 heavy (non-hydrogen) atoms. The summed E-state index contributed by atoms with van der Waals surface area (Å²) in [7, 11) is 0. The Bertz CT molecular complexity index is 880. The molecule has 1 heterocycles. The fourth-order valence-electron chi connectivity index (χ4n) is 2.04. The van der Waals surface area contributed by atoms with Crippen LogP contribution >= 0.6 is 23.8 Å². The highest BCUT2D eigenvalue weighted by Gasteiger charge is 2.08. The summed E-state index contributed by atoms with van der Waals surface area (Å²) in [5.74, 6) is -0.0537. The van der Waals surface area contributed by atoms with Gasteiger partial charge in [-0.2, -0.15) is 0 Å². The molecule has 0 spiro atoms. The molecule has 0 aliphatic rings. The van der Waals surface area contributed by atoms with Gasteiger partial charge in [-0.05, 0) is 54.7 Å². The molecule has 1 amide bonds. The van der Waals surface area contributed by atoms with Crippen molar-refractivity contribution in [2.75, 3.05) is 16.0 Å². The van der Waals surface area contributed by atoms with Crippen molar-refractivity contribution in [1.29, 1.82) is 0 Å². The zero-order valence-electron chi connectivity index (χ0n) is 12.9. The highest BCUT2D eigenvalue weighted by atomic mass is 35.5. The van der Waals surface area contributed by atoms with Crippen molar-refractivity contribution in [3.63, 3.8) is 0 Å². The van der Waals surface area contributed by atoms with Gasteiger partial charge in [-0.25, -0.2) is 0 Å². The Morgan fingerprint density at radius 2 is 1.72 bits per heavy atom. The number of hydrogen-bond donors (Lipinski definition) is 3. The van der Waals surface area contributed by atoms with Crippen LogP contribution in [0.15, 0.2) is 65.3 Å². The first kappa shape index (κ1) is 17.0. The Kier molecular flexibility index (Phi) is 5.33. The summed E-state index contributed by atoms with van der Waals surface area (Å²) in [6, 6.07) is 18.6. The summed E-state index contributed by atoms with van der Waals surface area (Å²) in [6.07, 6.45) is 1.45. The Balaban J connectivity index is 1.58. The molecule has 2 aromatic carbocycles. The molecule has 0 aliphatic heterocycles. The van der Waals surface area contributed by atoms with E-state index in [-0.39, 0.29) is 11.7 Å². The Hall–Kier alpha value is -2.83. The first-order valence-corrected chi connectivity index (χ1v) is 8.09. The second kappa shape index (κ2) is 7.83. The molecule has 0 saturated heterocycles. The van der Waals surface area contributed by atoms with Crippen LogP contribution in [0.3, 0.4) is 0 Å². The summed E-state index contributed by atoms with van der Waals surface area (Å²) in [5.41, 5.74) is 2.08. The molecule has 7 heteroatoms. The summed E-state index contributed by atoms with van der Waals surface area (Å²) in [6.45, 7) is 0. The second-order valence-corrected chi connectivity index (χ2v) is 5.77. The van der Waals surface area contributed by atoms with Gasteiger partial charge in [0.2, 0.25) is 0 Å². The van der Waals surface area contributed by atoms with E-state index in [1.807, 2.05) is 6.07 Å². The van der Waals surface area contributed by atoms with Crippen molar-refractivity contribution in [3.8, 4) is 0 Å². The number of halogens is 1. The molecule has 0 atom stereocenters. The lowest BCUT2D eigenvalue weighted by molar-refractivity contribution is 0.0996.